The maximum atomic E-state index is 6.34. The van der Waals surface area contributed by atoms with Crippen LogP contribution in [0.25, 0.3) is 5.32 Å². The second-order valence-electron chi connectivity index (χ2n) is 19.4. The van der Waals surface area contributed by atoms with Crippen molar-refractivity contribution in [1.29, 1.82) is 0 Å². The van der Waals surface area contributed by atoms with Crippen LogP contribution in [0, 0.1) is 0 Å². The Kier molecular flexibility index (Phi) is 41.0. The van der Waals surface area contributed by atoms with Gasteiger partial charge in [0.05, 0.1) is 38.7 Å². The molecule has 0 amide bonds. The molecule has 0 radical (unpaired) electrons. The van der Waals surface area contributed by atoms with Gasteiger partial charge in [0.2, 0.25) is 0 Å². The van der Waals surface area contributed by atoms with Crippen molar-refractivity contribution in [1.82, 2.24) is 0 Å². The molecule has 17 heteroatoms. The second-order valence-corrected chi connectivity index (χ2v) is 19.4. The maximum absolute atomic E-state index is 6.34. The summed E-state index contributed by atoms with van der Waals surface area (Å²) in [5.41, 5.74) is 7.48. The van der Waals surface area contributed by atoms with Crippen LogP contribution in [-0.4, -0.2) is 141 Å². The fourth-order valence-corrected chi connectivity index (χ4v) is 9.06. The molecule has 3 fully saturated rings. The second kappa shape index (κ2) is 45.9. The molecule has 1 N–H and O–H groups in total. The van der Waals surface area contributed by atoms with Crippen LogP contribution in [0.3, 0.4) is 0 Å². The van der Waals surface area contributed by atoms with E-state index in [2.05, 4.69) is 10.6 Å². The van der Waals surface area contributed by atoms with Gasteiger partial charge in [0.25, 0.3) is 0 Å². The van der Waals surface area contributed by atoms with E-state index in [4.69, 9.17) is 56.9 Å². The smallest absolute Gasteiger partial charge is 1.00 e. The number of hydrogen-bond acceptors (Lipinski definition) is 14. The quantitative estimate of drug-likeness (QED) is 0.0251. The SMILES string of the molecule is C.C.C.CNc1ccccc1.CO[C@@H]1O[C@H](COCOC2CCCCO2)C(OCc2ccccc2)[C@@H]1OCc1ccccc1.CO[C@@H]1O[C@H](CON(C)c2ccccc2)C(OCc2ccccc2)[C@@H]1OCc1ccccc1.C[N-]c1ccccc1.[Br-].[Mg+2]. The van der Waals surface area contributed by atoms with Gasteiger partial charge < -0.3 is 79.7 Å². The number of nitrogens with one attached hydrogen (secondary N) is 1. The predicted molar refractivity (Wildman–Crippen MR) is 345 cm³/mol. The Morgan fingerprint density at radius 1 is 0.494 bits per heavy atom. The minimum atomic E-state index is -0.551. The Morgan fingerprint density at radius 2 is 0.874 bits per heavy atom. The van der Waals surface area contributed by atoms with E-state index in [0.717, 1.165) is 65.2 Å². The van der Waals surface area contributed by atoms with Gasteiger partial charge in [0, 0.05) is 40.6 Å². The third-order valence-corrected chi connectivity index (χ3v) is 13.5. The Morgan fingerprint density at radius 3 is 1.23 bits per heavy atom. The summed E-state index contributed by atoms with van der Waals surface area (Å²) in [5.74, 6) is 0. The standard InChI is InChI=1S/C27H31NO5.C26H34O7.C7H9N.C7H8N.3CH4.BrH.Mg/c1-28(23-16-10-5-11-17-23)32-20-24-25(30-18-21-12-6-3-7-13-21)26(27(29-2)33-24)31-19-22-14-8-4-9-15-22;1-27-26-25(31-17-21-12-6-3-7-13-21)24(30-16-20-10-4-2-5-11-20)22(33-26)18-28-19-32-23-14-8-9-15-29-23;2*1-8-7-5-3-2-4-6-7;;;;;/h3-17,24-27H,18-20H2,1-2H3;2-7,10-13,22-26H,8-9,14-19H2,1H3;2-6,8H,1H3;2-6H,1H3;3*1H4;1H;/q;;;-1;;;;;+2/p-1/t24-,25?,26+,27-;22-,23?,24?,25+,26-;;;;;;;/m11......./s1. The zero-order chi connectivity index (χ0) is 57.2. The zero-order valence-electron chi connectivity index (χ0n) is 49.1. The van der Waals surface area contributed by atoms with Gasteiger partial charge in [-0.05, 0) is 65.8 Å². The van der Waals surface area contributed by atoms with Crippen molar-refractivity contribution in [2.75, 3.05) is 72.4 Å². The summed E-state index contributed by atoms with van der Waals surface area (Å²) in [7, 11) is 8.81. The number of rotatable bonds is 25. The number of hydroxylamine groups is 1. The summed E-state index contributed by atoms with van der Waals surface area (Å²) >= 11 is 0. The first kappa shape index (κ1) is 77.8. The summed E-state index contributed by atoms with van der Waals surface area (Å²) in [6.07, 6.45) is -0.411. The summed E-state index contributed by atoms with van der Waals surface area (Å²) in [5, 5.41) is 8.73. The molecule has 470 valence electrons. The van der Waals surface area contributed by atoms with Crippen molar-refractivity contribution in [2.24, 2.45) is 0 Å². The van der Waals surface area contributed by atoms with Crippen LogP contribution in [0.5, 0.6) is 0 Å². The predicted octanol–water partition coefficient (Wildman–Crippen LogP) is 11.2. The number of nitrogens with zero attached hydrogens (tertiary/aromatic N) is 2. The molecule has 0 spiro atoms. The van der Waals surface area contributed by atoms with E-state index in [0.29, 0.717) is 39.6 Å². The molecule has 3 unspecified atom stereocenters. The fourth-order valence-electron chi connectivity index (χ4n) is 9.06. The molecule has 7 aromatic carbocycles. The Bertz CT molecular complexity index is 2650. The van der Waals surface area contributed by atoms with Crippen molar-refractivity contribution in [2.45, 2.75) is 123 Å². The molecule has 3 saturated heterocycles. The molecule has 3 aliphatic rings. The normalized spacial score (nSPS) is 20.5. The van der Waals surface area contributed by atoms with Crippen molar-refractivity contribution < 1.29 is 73.9 Å². The van der Waals surface area contributed by atoms with Crippen LogP contribution in [0.4, 0.5) is 17.1 Å². The first-order valence-corrected chi connectivity index (χ1v) is 28.0. The van der Waals surface area contributed by atoms with Crippen molar-refractivity contribution in [3.63, 3.8) is 0 Å². The average Bonchev–Trinajstić information content (AvgIpc) is 3.40. The molecule has 0 aliphatic carbocycles. The summed E-state index contributed by atoms with van der Waals surface area (Å²) in [4.78, 5) is 6.02. The molecule has 10 rings (SSSR count). The molecule has 15 nitrogen and oxygen atoms in total. The fraction of sp³-hybridized carbons (Fsp3) is 0.400. The van der Waals surface area contributed by atoms with E-state index in [-0.39, 0.29) is 99.8 Å². The molecule has 0 saturated carbocycles. The molecule has 0 bridgehead atoms. The van der Waals surface area contributed by atoms with Crippen LogP contribution in [0.1, 0.15) is 63.8 Å². The number of para-hydroxylation sites is 3. The van der Waals surface area contributed by atoms with E-state index in [9.17, 15) is 0 Å². The molecular weight excluding hydrogens is 1180 g/mol. The monoisotopic (exact) mass is 1270 g/mol. The topological polar surface area (TPSA) is 140 Å². The zero-order valence-corrected chi connectivity index (χ0v) is 52.1. The van der Waals surface area contributed by atoms with Gasteiger partial charge in [-0.2, -0.15) is 0 Å². The molecule has 9 atom stereocenters. The minimum absolute atomic E-state index is 0. The van der Waals surface area contributed by atoms with Crippen LogP contribution in [-0.2, 0) is 83.4 Å². The Balaban J connectivity index is 0.000000451. The Hall–Kier alpha value is -5.29. The van der Waals surface area contributed by atoms with Crippen LogP contribution >= 0.6 is 0 Å². The van der Waals surface area contributed by atoms with Gasteiger partial charge in [-0.1, -0.05) is 210 Å². The number of halogens is 1. The number of methoxy groups -OCH3 is 2. The Labute approximate surface area is 546 Å². The third-order valence-electron chi connectivity index (χ3n) is 13.5. The molecule has 3 heterocycles. The van der Waals surface area contributed by atoms with Crippen LogP contribution < -0.4 is 27.4 Å². The molecular formula is C70H94BrMgN3O12. The van der Waals surface area contributed by atoms with Crippen molar-refractivity contribution in [3.05, 3.63) is 240 Å². The van der Waals surface area contributed by atoms with Gasteiger partial charge in [-0.25, -0.2) is 0 Å². The summed E-state index contributed by atoms with van der Waals surface area (Å²) in [6.45, 7) is 3.26. The van der Waals surface area contributed by atoms with E-state index >= 15 is 0 Å². The van der Waals surface area contributed by atoms with Crippen molar-refractivity contribution >= 4 is 40.1 Å². The van der Waals surface area contributed by atoms with Gasteiger partial charge in [-0.3, -0.25) is 9.90 Å². The van der Waals surface area contributed by atoms with Crippen LogP contribution in [0.2, 0.25) is 0 Å². The summed E-state index contributed by atoms with van der Waals surface area (Å²) < 4.78 is 65.7. The van der Waals surface area contributed by atoms with E-state index in [1.807, 2.05) is 226 Å². The van der Waals surface area contributed by atoms with E-state index in [1.54, 1.807) is 26.3 Å². The van der Waals surface area contributed by atoms with Gasteiger partial charge >= 0.3 is 23.1 Å². The van der Waals surface area contributed by atoms with Gasteiger partial charge in [0.1, 0.15) is 50.0 Å². The van der Waals surface area contributed by atoms with Gasteiger partial charge in [-0.15, -0.1) is 12.7 Å². The molecule has 0 aromatic heterocycles. The molecule has 3 aliphatic heterocycles. The average molecular weight is 1270 g/mol. The largest absolute Gasteiger partial charge is 2.00 e. The number of anilines is 2. The van der Waals surface area contributed by atoms with Crippen LogP contribution in [0.15, 0.2) is 212 Å². The first-order valence-electron chi connectivity index (χ1n) is 28.0. The van der Waals surface area contributed by atoms with E-state index < -0.39 is 24.8 Å². The van der Waals surface area contributed by atoms with E-state index in [1.165, 1.54) is 0 Å². The summed E-state index contributed by atoms with van der Waals surface area (Å²) in [6, 6.07) is 70.1. The maximum Gasteiger partial charge on any atom is 2.00 e. The number of hydrogen-bond donors (Lipinski definition) is 1. The first-order chi connectivity index (χ1) is 40.4. The molecule has 7 aromatic rings. The van der Waals surface area contributed by atoms with Gasteiger partial charge in [0.15, 0.2) is 18.9 Å². The third kappa shape index (κ3) is 27.6. The number of benzene rings is 7. The minimum Gasteiger partial charge on any atom is -1.00 e. The molecule has 87 heavy (non-hydrogen) atoms. The number of ether oxygens (including phenoxy) is 11. The van der Waals surface area contributed by atoms with Crippen molar-refractivity contribution in [3.8, 4) is 0 Å².